The number of halogens is 2. The summed E-state index contributed by atoms with van der Waals surface area (Å²) in [5, 5.41) is 2.91. The highest BCUT2D eigenvalue weighted by Gasteiger charge is 2.42. The summed E-state index contributed by atoms with van der Waals surface area (Å²) in [5.41, 5.74) is 3.29. The molecule has 5 rings (SSSR count). The van der Waals surface area contributed by atoms with Crippen molar-refractivity contribution in [2.24, 2.45) is 0 Å². The van der Waals surface area contributed by atoms with Gasteiger partial charge in [0.25, 0.3) is 11.8 Å². The van der Waals surface area contributed by atoms with Crippen LogP contribution in [0.25, 0.3) is 11.1 Å². The average molecular weight is 566 g/mol. The summed E-state index contributed by atoms with van der Waals surface area (Å²) < 4.78 is 31.4. The summed E-state index contributed by atoms with van der Waals surface area (Å²) in [6, 6.07) is 24.6. The molecule has 1 unspecified atom stereocenters. The van der Waals surface area contributed by atoms with Crippen LogP contribution < -0.4 is 10.2 Å². The molecule has 2 aliphatic rings. The summed E-state index contributed by atoms with van der Waals surface area (Å²) in [6.07, 6.45) is 5.12. The quantitative estimate of drug-likeness (QED) is 0.326. The van der Waals surface area contributed by atoms with Crippen LogP contribution in [0.2, 0.25) is 0 Å². The van der Waals surface area contributed by atoms with Gasteiger partial charge in [0, 0.05) is 53.2 Å². The first-order valence-electron chi connectivity index (χ1n) is 14.0. The fourth-order valence-electron chi connectivity index (χ4n) is 5.54. The molecule has 0 aromatic heterocycles. The lowest BCUT2D eigenvalue weighted by molar-refractivity contribution is -0.112. The van der Waals surface area contributed by atoms with Crippen molar-refractivity contribution in [1.82, 2.24) is 4.90 Å². The van der Waals surface area contributed by atoms with Gasteiger partial charge in [0.15, 0.2) is 0 Å². The number of amides is 1. The van der Waals surface area contributed by atoms with Crippen LogP contribution in [-0.4, -0.2) is 55.9 Å². The van der Waals surface area contributed by atoms with Gasteiger partial charge in [-0.15, -0.1) is 0 Å². The normalized spacial score (nSPS) is 19.0. The van der Waals surface area contributed by atoms with Crippen LogP contribution in [0.1, 0.15) is 24.0 Å². The van der Waals surface area contributed by atoms with Gasteiger partial charge in [-0.3, -0.25) is 4.79 Å². The number of hydrogen-bond acceptors (Lipinski definition) is 4. The first-order chi connectivity index (χ1) is 20.3. The molecule has 0 saturated heterocycles. The van der Waals surface area contributed by atoms with E-state index in [-0.39, 0.29) is 23.6 Å². The first-order valence-corrected chi connectivity index (χ1v) is 14.0. The summed E-state index contributed by atoms with van der Waals surface area (Å²) in [6.45, 7) is 0.650. The topological polar surface area (TPSA) is 52.6 Å². The van der Waals surface area contributed by atoms with E-state index in [0.717, 1.165) is 0 Å². The van der Waals surface area contributed by atoms with Gasteiger partial charge < -0.3 is 15.1 Å². The van der Waals surface area contributed by atoms with Crippen LogP contribution in [-0.2, 0) is 9.59 Å². The highest BCUT2D eigenvalue weighted by molar-refractivity contribution is 6.15. The SMILES string of the molecule is CN(C)CCC=C1c2ccccc2N(C2C=CC(C(=O)Nc3ccccc3)=C(c3ccccc3)C2=C=O)CCC1(F)F. The molecule has 214 valence electrons. The van der Waals surface area contributed by atoms with E-state index in [0.29, 0.717) is 46.6 Å². The van der Waals surface area contributed by atoms with Crippen LogP contribution in [0, 0.1) is 0 Å². The average Bonchev–Trinajstić information content (AvgIpc) is 3.10. The van der Waals surface area contributed by atoms with E-state index in [9.17, 15) is 9.59 Å². The molecule has 5 nitrogen and oxygen atoms in total. The lowest BCUT2D eigenvalue weighted by atomic mass is 9.83. The Morgan fingerprint density at radius 3 is 2.38 bits per heavy atom. The number of para-hydroxylation sites is 2. The summed E-state index contributed by atoms with van der Waals surface area (Å²) in [4.78, 5) is 30.1. The van der Waals surface area contributed by atoms with Gasteiger partial charge in [0.1, 0.15) is 5.94 Å². The minimum Gasteiger partial charge on any atom is -0.359 e. The number of nitrogens with zero attached hydrogens (tertiary/aromatic N) is 2. The van der Waals surface area contributed by atoms with Crippen LogP contribution in [0.5, 0.6) is 0 Å². The summed E-state index contributed by atoms with van der Waals surface area (Å²) in [7, 11) is 3.82. The lowest BCUT2D eigenvalue weighted by Crippen LogP contribution is -2.39. The van der Waals surface area contributed by atoms with E-state index in [1.165, 1.54) is 0 Å². The van der Waals surface area contributed by atoms with Crippen molar-refractivity contribution in [2.45, 2.75) is 24.8 Å². The van der Waals surface area contributed by atoms with E-state index in [4.69, 9.17) is 0 Å². The van der Waals surface area contributed by atoms with Crippen LogP contribution >= 0.6 is 0 Å². The standard InChI is InChI=1S/C35H33F2N3O2/c1-39(2)22-11-17-30-27-16-9-10-18-31(27)40(23-21-35(30,36)37)32-20-19-28(34(42)38-26-14-7-4-8-15-26)33(29(32)24-41)25-12-5-3-6-13-25/h3-10,12-20,32H,11,21-23H2,1-2H3,(H,38,42). The molecule has 0 saturated carbocycles. The number of rotatable bonds is 7. The van der Waals surface area contributed by atoms with Crippen molar-refractivity contribution in [3.63, 3.8) is 0 Å². The van der Waals surface area contributed by atoms with Crippen molar-refractivity contribution in [2.75, 3.05) is 37.4 Å². The van der Waals surface area contributed by atoms with Gasteiger partial charge in [-0.1, -0.05) is 85.0 Å². The van der Waals surface area contributed by atoms with E-state index in [1.807, 2.05) is 84.6 Å². The van der Waals surface area contributed by atoms with Crippen LogP contribution in [0.3, 0.4) is 0 Å². The maximum Gasteiger partial charge on any atom is 0.275 e. The second-order valence-corrected chi connectivity index (χ2v) is 10.7. The summed E-state index contributed by atoms with van der Waals surface area (Å²) in [5.74, 6) is -1.33. The number of benzene rings is 3. The minimum absolute atomic E-state index is 0.000578. The molecule has 0 fully saturated rings. The molecule has 42 heavy (non-hydrogen) atoms. The molecule has 7 heteroatoms. The van der Waals surface area contributed by atoms with Crippen molar-refractivity contribution in [3.05, 3.63) is 125 Å². The Morgan fingerprint density at radius 2 is 1.69 bits per heavy atom. The van der Waals surface area contributed by atoms with E-state index in [1.54, 1.807) is 42.5 Å². The van der Waals surface area contributed by atoms with E-state index in [2.05, 4.69) is 11.3 Å². The monoisotopic (exact) mass is 565 g/mol. The molecule has 1 aliphatic heterocycles. The molecule has 1 heterocycles. The van der Waals surface area contributed by atoms with Crippen molar-refractivity contribution in [1.29, 1.82) is 0 Å². The Labute approximate surface area is 245 Å². The highest BCUT2D eigenvalue weighted by Crippen LogP contribution is 2.46. The molecule has 3 aromatic carbocycles. The lowest BCUT2D eigenvalue weighted by Gasteiger charge is -2.35. The van der Waals surface area contributed by atoms with E-state index < -0.39 is 18.4 Å². The number of anilines is 2. The van der Waals surface area contributed by atoms with Gasteiger partial charge in [-0.05, 0) is 44.3 Å². The highest BCUT2D eigenvalue weighted by atomic mass is 19.3. The van der Waals surface area contributed by atoms with Crippen LogP contribution in [0.15, 0.2) is 114 Å². The Kier molecular flexibility index (Phi) is 8.62. The van der Waals surface area contributed by atoms with Crippen molar-refractivity contribution < 1.29 is 18.4 Å². The van der Waals surface area contributed by atoms with Gasteiger partial charge in [-0.2, -0.15) is 0 Å². The number of carbonyl (C=O) groups excluding carboxylic acids is 2. The number of hydrogen-bond donors (Lipinski definition) is 1. The fourth-order valence-corrected chi connectivity index (χ4v) is 5.54. The molecular formula is C35H33F2N3O2. The van der Waals surface area contributed by atoms with Gasteiger partial charge in [-0.25, -0.2) is 13.6 Å². The Bertz CT molecular complexity index is 1590. The predicted octanol–water partition coefficient (Wildman–Crippen LogP) is 6.66. The molecule has 0 bridgehead atoms. The third kappa shape index (κ3) is 6.03. The van der Waals surface area contributed by atoms with Gasteiger partial charge in [0.2, 0.25) is 0 Å². The van der Waals surface area contributed by atoms with E-state index >= 15 is 8.78 Å². The zero-order valence-electron chi connectivity index (χ0n) is 23.7. The van der Waals surface area contributed by atoms with Crippen LogP contribution in [0.4, 0.5) is 20.2 Å². The zero-order valence-corrected chi connectivity index (χ0v) is 23.7. The largest absolute Gasteiger partial charge is 0.359 e. The number of allylic oxidation sites excluding steroid dienone is 1. The molecule has 3 aromatic rings. The first kappa shape index (κ1) is 28.9. The predicted molar refractivity (Wildman–Crippen MR) is 165 cm³/mol. The molecular weight excluding hydrogens is 532 g/mol. The Morgan fingerprint density at radius 1 is 1.02 bits per heavy atom. The second kappa shape index (κ2) is 12.5. The number of alkyl halides is 2. The van der Waals surface area contributed by atoms with Gasteiger partial charge >= 0.3 is 0 Å². The third-order valence-electron chi connectivity index (χ3n) is 7.55. The maximum atomic E-state index is 15.7. The maximum absolute atomic E-state index is 15.7. The minimum atomic E-state index is -3.06. The molecule has 1 N–H and O–H groups in total. The zero-order chi connectivity index (χ0) is 29.7. The third-order valence-corrected chi connectivity index (χ3v) is 7.55. The molecule has 1 aliphatic carbocycles. The van der Waals surface area contributed by atoms with Crippen molar-refractivity contribution in [3.8, 4) is 0 Å². The Hall–Kier alpha value is -4.58. The second-order valence-electron chi connectivity index (χ2n) is 10.7. The molecule has 1 atom stereocenters. The number of nitrogens with one attached hydrogen (secondary N) is 1. The molecule has 0 radical (unpaired) electrons. The molecule has 1 amide bonds. The fraction of sp³-hybridized carbons (Fsp3) is 0.229. The molecule has 0 spiro atoms. The Balaban J connectivity index is 1.59. The summed E-state index contributed by atoms with van der Waals surface area (Å²) >= 11 is 0. The number of fused-ring (bicyclic) bond motifs is 1. The number of carbonyl (C=O) groups is 1. The van der Waals surface area contributed by atoms with Gasteiger partial charge in [0.05, 0.1) is 11.6 Å². The van der Waals surface area contributed by atoms with Crippen molar-refractivity contribution >= 4 is 34.4 Å². The smallest absolute Gasteiger partial charge is 0.275 e.